The van der Waals surface area contributed by atoms with Gasteiger partial charge >= 0.3 is 12.1 Å². The number of benzene rings is 1. The molecule has 2 rings (SSSR count). The highest BCUT2D eigenvalue weighted by molar-refractivity contribution is 5.73. The van der Waals surface area contributed by atoms with Crippen LogP contribution in [0, 0.1) is 5.82 Å². The second-order valence-corrected chi connectivity index (χ2v) is 4.17. The molecular formula is C12H14F4N2O3. The Bertz CT molecular complexity index is 488. The van der Waals surface area contributed by atoms with Crippen molar-refractivity contribution in [1.29, 1.82) is 0 Å². The van der Waals surface area contributed by atoms with Crippen LogP contribution in [-0.4, -0.2) is 48.5 Å². The second-order valence-electron chi connectivity index (χ2n) is 4.17. The van der Waals surface area contributed by atoms with Gasteiger partial charge in [-0.05, 0) is 12.1 Å². The van der Waals surface area contributed by atoms with E-state index in [1.165, 1.54) is 6.07 Å². The zero-order valence-electron chi connectivity index (χ0n) is 10.8. The van der Waals surface area contributed by atoms with Crippen molar-refractivity contribution in [3.63, 3.8) is 0 Å². The largest absolute Gasteiger partial charge is 0.506 e. The van der Waals surface area contributed by atoms with Gasteiger partial charge in [0.1, 0.15) is 11.6 Å². The van der Waals surface area contributed by atoms with E-state index in [-0.39, 0.29) is 5.75 Å². The maximum Gasteiger partial charge on any atom is 0.490 e. The van der Waals surface area contributed by atoms with Gasteiger partial charge in [-0.25, -0.2) is 9.18 Å². The van der Waals surface area contributed by atoms with Crippen molar-refractivity contribution >= 4 is 11.7 Å². The number of halogens is 4. The summed E-state index contributed by atoms with van der Waals surface area (Å²) in [6.07, 6.45) is -5.08. The molecule has 1 aromatic rings. The monoisotopic (exact) mass is 310 g/mol. The molecular weight excluding hydrogens is 296 g/mol. The fraction of sp³-hybridized carbons (Fsp3) is 0.417. The zero-order chi connectivity index (χ0) is 16.0. The lowest BCUT2D eigenvalue weighted by molar-refractivity contribution is -0.192. The molecule has 0 aromatic heterocycles. The van der Waals surface area contributed by atoms with Crippen molar-refractivity contribution < 1.29 is 32.6 Å². The number of carboxylic acids is 1. The Labute approximate surface area is 117 Å². The number of aromatic hydroxyl groups is 1. The molecule has 1 aromatic carbocycles. The van der Waals surface area contributed by atoms with E-state index in [1.54, 1.807) is 6.07 Å². The lowest BCUT2D eigenvalue weighted by Crippen LogP contribution is -2.43. The predicted molar refractivity (Wildman–Crippen MR) is 66.8 cm³/mol. The number of alkyl halides is 3. The van der Waals surface area contributed by atoms with Crippen molar-refractivity contribution in [3.05, 3.63) is 24.0 Å². The summed E-state index contributed by atoms with van der Waals surface area (Å²) in [7, 11) is 0. The third kappa shape index (κ3) is 5.46. The van der Waals surface area contributed by atoms with Gasteiger partial charge in [-0.3, -0.25) is 0 Å². The Morgan fingerprint density at radius 3 is 2.19 bits per heavy atom. The first-order valence-electron chi connectivity index (χ1n) is 5.96. The van der Waals surface area contributed by atoms with Crippen molar-refractivity contribution in [3.8, 4) is 5.75 Å². The Morgan fingerprint density at radius 1 is 1.24 bits per heavy atom. The summed E-state index contributed by atoms with van der Waals surface area (Å²) in [5.41, 5.74) is 0.716. The quantitative estimate of drug-likeness (QED) is 0.687. The fourth-order valence-corrected chi connectivity index (χ4v) is 1.67. The molecule has 0 saturated carbocycles. The Balaban J connectivity index is 0.000000270. The van der Waals surface area contributed by atoms with Crippen molar-refractivity contribution in [2.75, 3.05) is 31.1 Å². The zero-order valence-corrected chi connectivity index (χ0v) is 10.8. The van der Waals surface area contributed by atoms with Crippen LogP contribution in [0.25, 0.3) is 0 Å². The molecule has 1 saturated heterocycles. The summed E-state index contributed by atoms with van der Waals surface area (Å²) in [4.78, 5) is 10.9. The maximum atomic E-state index is 12.7. The average Bonchev–Trinajstić information content (AvgIpc) is 2.39. The third-order valence-corrected chi connectivity index (χ3v) is 2.64. The summed E-state index contributed by atoms with van der Waals surface area (Å²) in [6, 6.07) is 4.14. The molecule has 0 bridgehead atoms. The molecule has 0 radical (unpaired) electrons. The van der Waals surface area contributed by atoms with Gasteiger partial charge in [0.2, 0.25) is 0 Å². The van der Waals surface area contributed by atoms with Gasteiger partial charge in [0.05, 0.1) is 5.69 Å². The predicted octanol–water partition coefficient (Wildman–Crippen LogP) is 1.57. The Kier molecular flexibility index (Phi) is 5.77. The fourth-order valence-electron chi connectivity index (χ4n) is 1.67. The van der Waals surface area contributed by atoms with E-state index in [1.807, 2.05) is 4.90 Å². The minimum Gasteiger partial charge on any atom is -0.506 e. The lowest BCUT2D eigenvalue weighted by atomic mass is 10.2. The van der Waals surface area contributed by atoms with Crippen molar-refractivity contribution in [2.45, 2.75) is 6.18 Å². The number of hydrogen-bond acceptors (Lipinski definition) is 4. The molecule has 1 aliphatic rings. The van der Waals surface area contributed by atoms with Gasteiger partial charge in [-0.15, -0.1) is 0 Å². The highest BCUT2D eigenvalue weighted by Gasteiger charge is 2.38. The van der Waals surface area contributed by atoms with E-state index < -0.39 is 18.0 Å². The number of phenols is 1. The van der Waals surface area contributed by atoms with Crippen LogP contribution >= 0.6 is 0 Å². The van der Waals surface area contributed by atoms with Crippen LogP contribution < -0.4 is 10.2 Å². The van der Waals surface area contributed by atoms with Crippen molar-refractivity contribution in [1.82, 2.24) is 5.32 Å². The van der Waals surface area contributed by atoms with Gasteiger partial charge in [0, 0.05) is 32.2 Å². The van der Waals surface area contributed by atoms with E-state index >= 15 is 0 Å². The minimum atomic E-state index is -5.08. The average molecular weight is 310 g/mol. The number of carboxylic acid groups (broad SMARTS) is 1. The molecule has 0 atom stereocenters. The molecule has 21 heavy (non-hydrogen) atoms. The molecule has 0 unspecified atom stereocenters. The summed E-state index contributed by atoms with van der Waals surface area (Å²) in [5.74, 6) is -3.14. The van der Waals surface area contributed by atoms with Crippen LogP contribution in [0.5, 0.6) is 5.75 Å². The van der Waals surface area contributed by atoms with Gasteiger partial charge in [0.15, 0.2) is 0 Å². The van der Waals surface area contributed by atoms with E-state index in [9.17, 15) is 22.7 Å². The van der Waals surface area contributed by atoms with Crippen LogP contribution in [-0.2, 0) is 4.79 Å². The smallest absolute Gasteiger partial charge is 0.490 e. The van der Waals surface area contributed by atoms with Gasteiger partial charge in [-0.1, -0.05) is 0 Å². The van der Waals surface area contributed by atoms with Gasteiger partial charge < -0.3 is 20.4 Å². The first-order chi connectivity index (χ1) is 9.71. The molecule has 118 valence electrons. The lowest BCUT2D eigenvalue weighted by Gasteiger charge is -2.29. The number of rotatable bonds is 1. The second kappa shape index (κ2) is 7.11. The molecule has 1 aliphatic heterocycles. The molecule has 0 amide bonds. The summed E-state index contributed by atoms with van der Waals surface area (Å²) in [6.45, 7) is 3.49. The highest BCUT2D eigenvalue weighted by atomic mass is 19.4. The number of piperazine rings is 1. The Morgan fingerprint density at radius 2 is 1.76 bits per heavy atom. The van der Waals surface area contributed by atoms with Crippen molar-refractivity contribution in [2.24, 2.45) is 0 Å². The first kappa shape index (κ1) is 17.0. The van der Waals surface area contributed by atoms with Crippen LogP contribution in [0.15, 0.2) is 18.2 Å². The number of phenolic OH excluding ortho intramolecular Hbond substituents is 1. The molecule has 0 aliphatic carbocycles. The van der Waals surface area contributed by atoms with E-state index in [0.29, 0.717) is 5.69 Å². The number of nitrogens with one attached hydrogen (secondary N) is 1. The molecule has 3 N–H and O–H groups in total. The van der Waals surface area contributed by atoms with Crippen LogP contribution in [0.3, 0.4) is 0 Å². The number of aliphatic carboxylic acids is 1. The standard InChI is InChI=1S/C10H13FN2O.C2HF3O2/c11-8-1-2-9(10(14)7-8)13-5-3-12-4-6-13;3-2(4,5)1(6)7/h1-2,7,12,14H,3-6H2;(H,6,7). The Hall–Kier alpha value is -2.03. The molecule has 9 heteroatoms. The van der Waals surface area contributed by atoms with E-state index in [0.717, 1.165) is 32.2 Å². The topological polar surface area (TPSA) is 72.8 Å². The normalized spacial score (nSPS) is 15.1. The van der Waals surface area contributed by atoms with E-state index in [4.69, 9.17) is 9.90 Å². The summed E-state index contributed by atoms with van der Waals surface area (Å²) >= 11 is 0. The van der Waals surface area contributed by atoms with Gasteiger partial charge in [-0.2, -0.15) is 13.2 Å². The van der Waals surface area contributed by atoms with Gasteiger partial charge in [0.25, 0.3) is 0 Å². The molecule has 0 spiro atoms. The summed E-state index contributed by atoms with van der Waals surface area (Å²) in [5, 5.41) is 19.9. The minimum absolute atomic E-state index is 0.0203. The molecule has 1 heterocycles. The SMILES string of the molecule is O=C(O)C(F)(F)F.Oc1cc(F)ccc1N1CCNCC1. The number of anilines is 1. The number of carbonyl (C=O) groups is 1. The maximum absolute atomic E-state index is 12.7. The molecule has 5 nitrogen and oxygen atoms in total. The summed E-state index contributed by atoms with van der Waals surface area (Å²) < 4.78 is 44.5. The first-order valence-corrected chi connectivity index (χ1v) is 5.96. The van der Waals surface area contributed by atoms with Crippen LogP contribution in [0.4, 0.5) is 23.2 Å². The van der Waals surface area contributed by atoms with Crippen LogP contribution in [0.1, 0.15) is 0 Å². The number of nitrogens with zero attached hydrogens (tertiary/aromatic N) is 1. The van der Waals surface area contributed by atoms with E-state index in [2.05, 4.69) is 5.32 Å². The third-order valence-electron chi connectivity index (χ3n) is 2.64. The van der Waals surface area contributed by atoms with Crippen LogP contribution in [0.2, 0.25) is 0 Å². The number of hydrogen-bond donors (Lipinski definition) is 3. The molecule has 1 fully saturated rings. The highest BCUT2D eigenvalue weighted by Crippen LogP contribution is 2.27.